The van der Waals surface area contributed by atoms with Gasteiger partial charge in [-0.3, -0.25) is 9.89 Å². The number of nitrogens with one attached hydrogen (secondary N) is 2. The van der Waals surface area contributed by atoms with Crippen LogP contribution in [0.2, 0.25) is 0 Å². The van der Waals surface area contributed by atoms with E-state index < -0.39 is 0 Å². The third-order valence-electron chi connectivity index (χ3n) is 2.36. The topological polar surface area (TPSA) is 94.5 Å². The molecule has 1 heterocycles. The average molecular weight is 253 g/mol. The van der Waals surface area contributed by atoms with E-state index >= 15 is 0 Å². The number of aromatic amines is 1. The zero-order chi connectivity index (χ0) is 13.5. The van der Waals surface area contributed by atoms with Crippen LogP contribution < -0.4 is 5.32 Å². The molecule has 19 heavy (non-hydrogen) atoms. The molecule has 94 valence electrons. The minimum Gasteiger partial charge on any atom is -0.345 e. The van der Waals surface area contributed by atoms with Crippen LogP contribution in [0.1, 0.15) is 17.0 Å². The second-order valence-electron chi connectivity index (χ2n) is 3.72. The first kappa shape index (κ1) is 12.5. The van der Waals surface area contributed by atoms with Gasteiger partial charge in [-0.25, -0.2) is 4.98 Å². The predicted molar refractivity (Wildman–Crippen MR) is 68.4 cm³/mol. The van der Waals surface area contributed by atoms with Crippen molar-refractivity contribution in [1.82, 2.24) is 20.5 Å². The van der Waals surface area contributed by atoms with Crippen molar-refractivity contribution in [3.63, 3.8) is 0 Å². The molecule has 6 nitrogen and oxygen atoms in total. The summed E-state index contributed by atoms with van der Waals surface area (Å²) in [5.41, 5.74) is 1.45. The van der Waals surface area contributed by atoms with E-state index in [1.165, 1.54) is 12.4 Å². The number of hydrogen-bond donors (Lipinski definition) is 2. The largest absolute Gasteiger partial charge is 0.345 e. The molecule has 0 aliphatic heterocycles. The summed E-state index contributed by atoms with van der Waals surface area (Å²) in [6, 6.07) is 8.99. The van der Waals surface area contributed by atoms with Crippen LogP contribution in [0.15, 0.2) is 36.7 Å². The smallest absolute Gasteiger partial charge is 0.244 e. The number of nitriles is 1. The van der Waals surface area contributed by atoms with E-state index in [1.54, 1.807) is 30.3 Å². The first-order valence-electron chi connectivity index (χ1n) is 5.58. The van der Waals surface area contributed by atoms with Gasteiger partial charge >= 0.3 is 0 Å². The standard InChI is InChI=1S/C13H11N5O/c14-7-11-3-1-10(2-4-11)5-6-13(19)15-8-12-16-9-17-18-12/h1-6,9H,8H2,(H,15,19)(H,16,17,18)/b6-5+. The first-order chi connectivity index (χ1) is 9.28. The van der Waals surface area contributed by atoms with Crippen LogP contribution in [-0.2, 0) is 11.3 Å². The third-order valence-corrected chi connectivity index (χ3v) is 2.36. The Morgan fingerprint density at radius 2 is 2.21 bits per heavy atom. The van der Waals surface area contributed by atoms with Gasteiger partial charge in [-0.05, 0) is 23.8 Å². The molecular weight excluding hydrogens is 242 g/mol. The van der Waals surface area contributed by atoms with Gasteiger partial charge in [-0.1, -0.05) is 12.1 Å². The van der Waals surface area contributed by atoms with E-state index in [2.05, 4.69) is 20.5 Å². The van der Waals surface area contributed by atoms with Gasteiger partial charge in [-0.15, -0.1) is 0 Å². The van der Waals surface area contributed by atoms with E-state index in [4.69, 9.17) is 5.26 Å². The van der Waals surface area contributed by atoms with E-state index in [0.29, 0.717) is 17.9 Å². The van der Waals surface area contributed by atoms with E-state index in [0.717, 1.165) is 5.56 Å². The molecule has 0 aliphatic rings. The molecule has 0 saturated heterocycles. The van der Waals surface area contributed by atoms with Gasteiger partial charge in [-0.2, -0.15) is 10.4 Å². The molecule has 0 spiro atoms. The van der Waals surface area contributed by atoms with Crippen LogP contribution in [0.25, 0.3) is 6.08 Å². The minimum absolute atomic E-state index is 0.222. The van der Waals surface area contributed by atoms with Crippen LogP contribution in [0.4, 0.5) is 0 Å². The molecule has 0 saturated carbocycles. The molecule has 1 amide bonds. The van der Waals surface area contributed by atoms with Crippen molar-refractivity contribution in [1.29, 1.82) is 5.26 Å². The molecule has 6 heteroatoms. The van der Waals surface area contributed by atoms with Gasteiger partial charge in [0.25, 0.3) is 0 Å². The highest BCUT2D eigenvalue weighted by Crippen LogP contribution is 2.04. The van der Waals surface area contributed by atoms with Gasteiger partial charge in [0.1, 0.15) is 12.2 Å². The SMILES string of the molecule is N#Cc1ccc(/C=C/C(=O)NCc2ncn[nH]2)cc1. The lowest BCUT2D eigenvalue weighted by atomic mass is 10.1. The number of carbonyl (C=O) groups is 1. The maximum atomic E-state index is 11.5. The quantitative estimate of drug-likeness (QED) is 0.795. The highest BCUT2D eigenvalue weighted by molar-refractivity contribution is 5.91. The third kappa shape index (κ3) is 3.78. The summed E-state index contributed by atoms with van der Waals surface area (Å²) in [5.74, 6) is 0.376. The monoisotopic (exact) mass is 253 g/mol. The van der Waals surface area contributed by atoms with Crippen molar-refractivity contribution in [2.45, 2.75) is 6.54 Å². The van der Waals surface area contributed by atoms with Gasteiger partial charge in [0, 0.05) is 6.08 Å². The average Bonchev–Trinajstić information content (AvgIpc) is 2.96. The summed E-state index contributed by atoms with van der Waals surface area (Å²) in [4.78, 5) is 15.4. The fourth-order valence-electron chi connectivity index (χ4n) is 1.39. The molecule has 0 atom stereocenters. The zero-order valence-corrected chi connectivity index (χ0v) is 10.00. The molecule has 2 aromatic rings. The van der Waals surface area contributed by atoms with Crippen molar-refractivity contribution >= 4 is 12.0 Å². The summed E-state index contributed by atoms with van der Waals surface area (Å²) in [5, 5.41) is 17.7. The molecule has 2 N–H and O–H groups in total. The van der Waals surface area contributed by atoms with Crippen molar-refractivity contribution in [2.75, 3.05) is 0 Å². The van der Waals surface area contributed by atoms with Gasteiger partial charge in [0.05, 0.1) is 18.2 Å². The van der Waals surface area contributed by atoms with Crippen LogP contribution in [-0.4, -0.2) is 21.1 Å². The van der Waals surface area contributed by atoms with Crippen molar-refractivity contribution in [2.24, 2.45) is 0 Å². The molecule has 0 radical (unpaired) electrons. The Hall–Kier alpha value is -2.94. The van der Waals surface area contributed by atoms with Crippen LogP contribution in [0, 0.1) is 11.3 Å². The Labute approximate surface area is 109 Å². The molecule has 2 rings (SSSR count). The Balaban J connectivity index is 1.87. The normalized spacial score (nSPS) is 10.3. The molecule has 1 aromatic carbocycles. The van der Waals surface area contributed by atoms with Crippen molar-refractivity contribution in [3.8, 4) is 6.07 Å². The Morgan fingerprint density at radius 3 is 2.84 bits per heavy atom. The Bertz CT molecular complexity index is 607. The highest BCUT2D eigenvalue weighted by Gasteiger charge is 1.98. The van der Waals surface area contributed by atoms with Crippen LogP contribution in [0.3, 0.4) is 0 Å². The fraction of sp³-hybridized carbons (Fsp3) is 0.0769. The molecular formula is C13H11N5O. The number of nitrogens with zero attached hydrogens (tertiary/aromatic N) is 3. The fourth-order valence-corrected chi connectivity index (χ4v) is 1.39. The summed E-state index contributed by atoms with van der Waals surface area (Å²) in [6.07, 6.45) is 4.49. The number of carbonyl (C=O) groups excluding carboxylic acids is 1. The van der Waals surface area contributed by atoms with Gasteiger partial charge in [0.2, 0.25) is 5.91 Å². The van der Waals surface area contributed by atoms with Crippen LogP contribution >= 0.6 is 0 Å². The molecule has 0 unspecified atom stereocenters. The maximum Gasteiger partial charge on any atom is 0.244 e. The number of aromatic nitrogens is 3. The predicted octanol–water partition coefficient (Wildman–Crippen LogP) is 1.01. The van der Waals surface area contributed by atoms with E-state index in [9.17, 15) is 4.79 Å². The minimum atomic E-state index is -0.222. The lowest BCUT2D eigenvalue weighted by molar-refractivity contribution is -0.116. The van der Waals surface area contributed by atoms with Gasteiger partial charge < -0.3 is 5.32 Å². The summed E-state index contributed by atoms with van der Waals surface area (Å²) in [7, 11) is 0. The summed E-state index contributed by atoms with van der Waals surface area (Å²) in [6.45, 7) is 0.302. The number of hydrogen-bond acceptors (Lipinski definition) is 4. The van der Waals surface area contributed by atoms with E-state index in [1.807, 2.05) is 6.07 Å². The number of H-pyrrole nitrogens is 1. The lowest BCUT2D eigenvalue weighted by Gasteiger charge is -1.98. The molecule has 0 aliphatic carbocycles. The highest BCUT2D eigenvalue weighted by atomic mass is 16.1. The summed E-state index contributed by atoms with van der Waals surface area (Å²) < 4.78 is 0. The van der Waals surface area contributed by atoms with Crippen molar-refractivity contribution < 1.29 is 4.79 Å². The Morgan fingerprint density at radius 1 is 1.42 bits per heavy atom. The second kappa shape index (κ2) is 6.12. The molecule has 1 aromatic heterocycles. The van der Waals surface area contributed by atoms with Crippen molar-refractivity contribution in [3.05, 3.63) is 53.6 Å². The number of amides is 1. The maximum absolute atomic E-state index is 11.5. The number of rotatable bonds is 4. The molecule has 0 fully saturated rings. The zero-order valence-electron chi connectivity index (χ0n) is 10.00. The van der Waals surface area contributed by atoms with Gasteiger partial charge in [0.15, 0.2) is 0 Å². The van der Waals surface area contributed by atoms with Crippen LogP contribution in [0.5, 0.6) is 0 Å². The van der Waals surface area contributed by atoms with E-state index in [-0.39, 0.29) is 5.91 Å². The second-order valence-corrected chi connectivity index (χ2v) is 3.72. The lowest BCUT2D eigenvalue weighted by Crippen LogP contribution is -2.20. The first-order valence-corrected chi connectivity index (χ1v) is 5.58. The molecule has 0 bridgehead atoms. The summed E-state index contributed by atoms with van der Waals surface area (Å²) >= 11 is 0. The number of benzene rings is 1. The Kier molecular flexibility index (Phi) is 4.03.